The lowest BCUT2D eigenvalue weighted by atomic mass is 10.1. The number of amides is 1. The van der Waals surface area contributed by atoms with Gasteiger partial charge >= 0.3 is 0 Å². The number of sulfonamides is 1. The number of non-ortho nitro benzene ring substituents is 1. The molecule has 0 atom stereocenters. The molecule has 1 amide bonds. The lowest BCUT2D eigenvalue weighted by Gasteiger charge is -2.11. The Balaban J connectivity index is 1.93. The molecule has 0 heterocycles. The lowest BCUT2D eigenvalue weighted by molar-refractivity contribution is -0.384. The zero-order valence-corrected chi connectivity index (χ0v) is 15.2. The highest BCUT2D eigenvalue weighted by Gasteiger charge is 2.17. The number of carbonyl (C=O) groups is 1. The van der Waals surface area contributed by atoms with Gasteiger partial charge in [0.05, 0.1) is 9.82 Å². The van der Waals surface area contributed by atoms with E-state index in [9.17, 15) is 23.3 Å². The molecule has 9 heteroatoms. The number of nitro benzene ring substituents is 1. The Morgan fingerprint density at radius 3 is 2.15 bits per heavy atom. The fourth-order valence-corrected chi connectivity index (χ4v) is 3.10. The molecular formula is C17H19N3O5S. The number of nitrogens with zero attached hydrogens (tertiary/aromatic N) is 2. The molecule has 0 saturated heterocycles. The monoisotopic (exact) mass is 377 g/mol. The minimum atomic E-state index is -3.53. The third-order valence-electron chi connectivity index (χ3n) is 3.74. The lowest BCUT2D eigenvalue weighted by Crippen LogP contribution is -2.26. The topological polar surface area (TPSA) is 110 Å². The van der Waals surface area contributed by atoms with E-state index >= 15 is 0 Å². The summed E-state index contributed by atoms with van der Waals surface area (Å²) in [5.41, 5.74) is 1.24. The molecule has 138 valence electrons. The Labute approximate surface area is 151 Å². The van der Waals surface area contributed by atoms with Gasteiger partial charge in [0, 0.05) is 38.3 Å². The third-order valence-corrected chi connectivity index (χ3v) is 5.57. The van der Waals surface area contributed by atoms with E-state index in [1.807, 2.05) is 0 Å². The molecule has 0 bridgehead atoms. The molecule has 0 radical (unpaired) electrons. The maximum Gasteiger partial charge on any atom is 0.269 e. The number of hydrogen-bond acceptors (Lipinski definition) is 5. The van der Waals surface area contributed by atoms with Crippen LogP contribution in [0.15, 0.2) is 53.4 Å². The van der Waals surface area contributed by atoms with Crippen LogP contribution in [-0.4, -0.2) is 44.2 Å². The van der Waals surface area contributed by atoms with Crippen molar-refractivity contribution in [2.75, 3.05) is 20.6 Å². The second-order valence-electron chi connectivity index (χ2n) is 5.74. The molecule has 2 aromatic carbocycles. The van der Waals surface area contributed by atoms with E-state index in [1.165, 1.54) is 50.5 Å². The van der Waals surface area contributed by atoms with Gasteiger partial charge in [0.15, 0.2) is 0 Å². The summed E-state index contributed by atoms with van der Waals surface area (Å²) >= 11 is 0. The van der Waals surface area contributed by atoms with Crippen LogP contribution in [0.25, 0.3) is 0 Å². The largest absolute Gasteiger partial charge is 0.352 e. The number of benzene rings is 2. The molecule has 2 rings (SSSR count). The van der Waals surface area contributed by atoms with Crippen LogP contribution in [0.4, 0.5) is 5.69 Å². The average Bonchev–Trinajstić information content (AvgIpc) is 2.62. The Morgan fingerprint density at radius 2 is 1.65 bits per heavy atom. The number of hydrogen-bond donors (Lipinski definition) is 1. The normalized spacial score (nSPS) is 11.3. The molecule has 26 heavy (non-hydrogen) atoms. The summed E-state index contributed by atoms with van der Waals surface area (Å²) in [7, 11) is -0.651. The van der Waals surface area contributed by atoms with Crippen molar-refractivity contribution in [1.29, 1.82) is 0 Å². The summed E-state index contributed by atoms with van der Waals surface area (Å²) in [6, 6.07) is 11.8. The first kappa shape index (κ1) is 19.5. The summed E-state index contributed by atoms with van der Waals surface area (Å²) < 4.78 is 25.1. The van der Waals surface area contributed by atoms with Gasteiger partial charge < -0.3 is 5.32 Å². The highest BCUT2D eigenvalue weighted by Crippen LogP contribution is 2.14. The van der Waals surface area contributed by atoms with Crippen LogP contribution < -0.4 is 5.32 Å². The predicted octanol–water partition coefficient (Wildman–Crippen LogP) is 1.82. The van der Waals surface area contributed by atoms with Gasteiger partial charge in [0.2, 0.25) is 10.0 Å². The van der Waals surface area contributed by atoms with Crippen molar-refractivity contribution < 1.29 is 18.1 Å². The Bertz CT molecular complexity index is 891. The second-order valence-corrected chi connectivity index (χ2v) is 7.89. The predicted molar refractivity (Wildman–Crippen MR) is 96.4 cm³/mol. The van der Waals surface area contributed by atoms with Crippen molar-refractivity contribution in [2.45, 2.75) is 11.3 Å². The minimum absolute atomic E-state index is 0.0190. The molecular weight excluding hydrogens is 358 g/mol. The van der Waals surface area contributed by atoms with E-state index in [-0.39, 0.29) is 16.5 Å². The van der Waals surface area contributed by atoms with Crippen molar-refractivity contribution in [3.63, 3.8) is 0 Å². The van der Waals surface area contributed by atoms with E-state index in [4.69, 9.17) is 0 Å². The quantitative estimate of drug-likeness (QED) is 0.585. The number of nitro groups is 1. The van der Waals surface area contributed by atoms with Crippen molar-refractivity contribution >= 4 is 21.6 Å². The first-order valence-electron chi connectivity index (χ1n) is 7.76. The molecule has 0 saturated carbocycles. The van der Waals surface area contributed by atoms with Crippen LogP contribution in [0.1, 0.15) is 15.9 Å². The summed E-state index contributed by atoms with van der Waals surface area (Å²) in [6.45, 7) is 0.356. The maximum atomic E-state index is 12.1. The van der Waals surface area contributed by atoms with E-state index in [0.717, 1.165) is 9.87 Å². The van der Waals surface area contributed by atoms with Gasteiger partial charge in [-0.05, 0) is 36.2 Å². The van der Waals surface area contributed by atoms with Gasteiger partial charge in [-0.3, -0.25) is 14.9 Å². The molecule has 8 nitrogen and oxygen atoms in total. The zero-order valence-electron chi connectivity index (χ0n) is 14.4. The van der Waals surface area contributed by atoms with Crippen LogP contribution in [-0.2, 0) is 16.4 Å². The van der Waals surface area contributed by atoms with Crippen molar-refractivity contribution in [3.05, 3.63) is 69.8 Å². The third kappa shape index (κ3) is 4.64. The molecule has 0 fully saturated rings. The van der Waals surface area contributed by atoms with E-state index in [2.05, 4.69) is 5.32 Å². The van der Waals surface area contributed by atoms with Gasteiger partial charge in [0.1, 0.15) is 0 Å². The van der Waals surface area contributed by atoms with Gasteiger partial charge in [-0.2, -0.15) is 0 Å². The van der Waals surface area contributed by atoms with Crippen molar-refractivity contribution in [3.8, 4) is 0 Å². The summed E-state index contributed by atoms with van der Waals surface area (Å²) in [6.07, 6.45) is 0.525. The molecule has 0 aliphatic rings. The molecule has 2 aromatic rings. The number of nitrogens with one attached hydrogen (secondary N) is 1. The maximum absolute atomic E-state index is 12.1. The molecule has 0 unspecified atom stereocenters. The van der Waals surface area contributed by atoms with Crippen LogP contribution in [0, 0.1) is 10.1 Å². The Hall–Kier alpha value is -2.78. The molecule has 0 aliphatic heterocycles. The number of carbonyl (C=O) groups excluding carboxylic acids is 1. The van der Waals surface area contributed by atoms with Gasteiger partial charge in [-0.15, -0.1) is 0 Å². The van der Waals surface area contributed by atoms with E-state index in [0.29, 0.717) is 18.5 Å². The molecule has 0 aliphatic carbocycles. The Morgan fingerprint density at radius 1 is 1.08 bits per heavy atom. The Kier molecular flexibility index (Phi) is 6.06. The fourth-order valence-electron chi connectivity index (χ4n) is 2.20. The van der Waals surface area contributed by atoms with Gasteiger partial charge in [0.25, 0.3) is 11.6 Å². The summed E-state index contributed by atoms with van der Waals surface area (Å²) in [5.74, 6) is -0.319. The average molecular weight is 377 g/mol. The second kappa shape index (κ2) is 8.07. The number of rotatable bonds is 7. The van der Waals surface area contributed by atoms with Crippen LogP contribution in [0.3, 0.4) is 0 Å². The highest BCUT2D eigenvalue weighted by atomic mass is 32.2. The summed E-state index contributed by atoms with van der Waals surface area (Å²) in [5, 5.41) is 13.3. The SMILES string of the molecule is CN(C)S(=O)(=O)c1ccc(C(=O)NCCc2ccc([N+](=O)[O-])cc2)cc1. The van der Waals surface area contributed by atoms with Crippen molar-refractivity contribution in [1.82, 2.24) is 9.62 Å². The molecule has 0 aromatic heterocycles. The standard InChI is InChI=1S/C17H19N3O5S/c1-19(2)26(24,25)16-9-5-14(6-10-16)17(21)18-12-11-13-3-7-15(8-4-13)20(22)23/h3-10H,11-12H2,1-2H3,(H,18,21). The summed E-state index contributed by atoms with van der Waals surface area (Å²) in [4.78, 5) is 22.4. The highest BCUT2D eigenvalue weighted by molar-refractivity contribution is 7.89. The molecule has 1 N–H and O–H groups in total. The van der Waals surface area contributed by atoms with Crippen molar-refractivity contribution in [2.24, 2.45) is 0 Å². The van der Waals surface area contributed by atoms with E-state index in [1.54, 1.807) is 12.1 Å². The van der Waals surface area contributed by atoms with Crippen LogP contribution >= 0.6 is 0 Å². The van der Waals surface area contributed by atoms with E-state index < -0.39 is 14.9 Å². The van der Waals surface area contributed by atoms with Crippen LogP contribution in [0.5, 0.6) is 0 Å². The smallest absolute Gasteiger partial charge is 0.269 e. The first-order chi connectivity index (χ1) is 12.2. The van der Waals surface area contributed by atoms with Crippen LogP contribution in [0.2, 0.25) is 0 Å². The van der Waals surface area contributed by atoms with Gasteiger partial charge in [-0.1, -0.05) is 12.1 Å². The minimum Gasteiger partial charge on any atom is -0.352 e. The first-order valence-corrected chi connectivity index (χ1v) is 9.20. The van der Waals surface area contributed by atoms with Gasteiger partial charge in [-0.25, -0.2) is 12.7 Å². The zero-order chi connectivity index (χ0) is 19.3. The molecule has 0 spiro atoms. The fraction of sp³-hybridized carbons (Fsp3) is 0.235.